The third kappa shape index (κ3) is 2.56. The van der Waals surface area contributed by atoms with Crippen LogP contribution >= 0.6 is 22.9 Å². The van der Waals surface area contributed by atoms with Crippen molar-refractivity contribution in [2.45, 2.75) is 6.92 Å². The Morgan fingerprint density at radius 1 is 1.12 bits per heavy atom. The predicted molar refractivity (Wildman–Crippen MR) is 97.1 cm³/mol. The minimum absolute atomic E-state index is 0.329. The molecule has 2 aromatic heterocycles. The van der Waals surface area contributed by atoms with Crippen molar-refractivity contribution in [1.82, 2.24) is 15.4 Å². The van der Waals surface area contributed by atoms with Crippen LogP contribution in [0.1, 0.15) is 11.3 Å². The average molecular weight is 351 g/mol. The van der Waals surface area contributed by atoms with Gasteiger partial charge in [0.1, 0.15) is 11.8 Å². The summed E-state index contributed by atoms with van der Waals surface area (Å²) in [5.74, 6) is 0. The van der Waals surface area contributed by atoms with E-state index < -0.39 is 0 Å². The van der Waals surface area contributed by atoms with Crippen LogP contribution in [0.5, 0.6) is 0 Å². The summed E-state index contributed by atoms with van der Waals surface area (Å²) in [5.41, 5.74) is 3.85. The van der Waals surface area contributed by atoms with Crippen LogP contribution in [-0.4, -0.2) is 15.4 Å². The van der Waals surface area contributed by atoms with Gasteiger partial charge < -0.3 is 0 Å². The molecule has 24 heavy (non-hydrogen) atoms. The number of thiophene rings is 1. The molecule has 0 fully saturated rings. The van der Waals surface area contributed by atoms with Crippen molar-refractivity contribution in [3.63, 3.8) is 0 Å². The maximum Gasteiger partial charge on any atom is 0.163 e. The lowest BCUT2D eigenvalue weighted by atomic mass is 10.1. The van der Waals surface area contributed by atoms with Gasteiger partial charge in [0.05, 0.1) is 0 Å². The summed E-state index contributed by atoms with van der Waals surface area (Å²) in [4.78, 5) is 1.13. The maximum absolute atomic E-state index is 9.15. The number of hydrogen-bond acceptors (Lipinski definition) is 4. The number of nitrogens with zero attached hydrogens (tertiary/aromatic N) is 3. The monoisotopic (exact) mass is 350 g/mol. The van der Waals surface area contributed by atoms with Gasteiger partial charge in [0.25, 0.3) is 0 Å². The number of benzene rings is 2. The summed E-state index contributed by atoms with van der Waals surface area (Å²) in [6, 6.07) is 16.3. The molecule has 0 amide bonds. The third-order valence-electron chi connectivity index (χ3n) is 3.79. The van der Waals surface area contributed by atoms with Gasteiger partial charge in [-0.1, -0.05) is 34.5 Å². The molecule has 6 heteroatoms. The molecule has 4 rings (SSSR count). The summed E-state index contributed by atoms with van der Waals surface area (Å²) in [6.07, 6.45) is 0. The van der Waals surface area contributed by atoms with Gasteiger partial charge in [0, 0.05) is 20.2 Å². The first kappa shape index (κ1) is 14.9. The minimum atomic E-state index is 0.329. The Hall–Kier alpha value is -2.68. The van der Waals surface area contributed by atoms with E-state index in [2.05, 4.69) is 52.7 Å². The molecule has 2 aromatic carbocycles. The lowest BCUT2D eigenvalue weighted by molar-refractivity contribution is 0.937. The van der Waals surface area contributed by atoms with E-state index >= 15 is 0 Å². The molecular formula is C18H11ClN4S. The molecule has 0 aliphatic heterocycles. The lowest BCUT2D eigenvalue weighted by Crippen LogP contribution is -1.84. The van der Waals surface area contributed by atoms with Crippen molar-refractivity contribution in [2.24, 2.45) is 0 Å². The molecule has 1 N–H and O–H groups in total. The van der Waals surface area contributed by atoms with E-state index in [1.54, 1.807) is 17.4 Å². The fourth-order valence-corrected chi connectivity index (χ4v) is 3.95. The second-order valence-electron chi connectivity index (χ2n) is 5.53. The second kappa shape index (κ2) is 5.75. The summed E-state index contributed by atoms with van der Waals surface area (Å²) in [5, 5.41) is 21.3. The largest absolute Gasteiger partial charge is 0.247 e. The van der Waals surface area contributed by atoms with Crippen LogP contribution in [0.4, 0.5) is 0 Å². The maximum atomic E-state index is 9.15. The molecule has 116 valence electrons. The van der Waals surface area contributed by atoms with Crippen LogP contribution in [0.2, 0.25) is 5.02 Å². The molecule has 0 saturated heterocycles. The van der Waals surface area contributed by atoms with Crippen molar-refractivity contribution < 1.29 is 0 Å². The normalized spacial score (nSPS) is 10.9. The molecule has 0 bridgehead atoms. The molecule has 0 radical (unpaired) electrons. The topological polar surface area (TPSA) is 65.4 Å². The van der Waals surface area contributed by atoms with E-state index in [4.69, 9.17) is 16.9 Å². The van der Waals surface area contributed by atoms with E-state index in [0.29, 0.717) is 16.4 Å². The number of aromatic nitrogens is 3. The van der Waals surface area contributed by atoms with Gasteiger partial charge in [0.15, 0.2) is 5.69 Å². The lowest BCUT2D eigenvalue weighted by Gasteiger charge is -2.03. The Labute approximate surface area is 147 Å². The number of aromatic amines is 1. The second-order valence-corrected chi connectivity index (χ2v) is 7.05. The standard InChI is InChI=1S/C18H11ClN4S/c1-10-2-3-16-11(4-10)8-17(24-16)12-5-13(7-14(19)6-12)18-15(9-20)21-23-22-18/h2-8H,1H3,(H,21,22,23). The van der Waals surface area contributed by atoms with Crippen LogP contribution in [0, 0.1) is 18.3 Å². The fourth-order valence-electron chi connectivity index (χ4n) is 2.68. The fraction of sp³-hybridized carbons (Fsp3) is 0.0556. The Morgan fingerprint density at radius 3 is 2.79 bits per heavy atom. The van der Waals surface area contributed by atoms with E-state index in [0.717, 1.165) is 16.0 Å². The molecule has 0 aliphatic rings. The quantitative estimate of drug-likeness (QED) is 0.541. The number of H-pyrrole nitrogens is 1. The molecule has 0 saturated carbocycles. The number of nitrogens with one attached hydrogen (secondary N) is 1. The number of fused-ring (bicyclic) bond motifs is 1. The zero-order valence-corrected chi connectivity index (χ0v) is 14.2. The molecular weight excluding hydrogens is 340 g/mol. The molecule has 4 nitrogen and oxygen atoms in total. The SMILES string of the molecule is Cc1ccc2sc(-c3cc(Cl)cc(-c4nn[nH]c4C#N)c3)cc2c1. The Balaban J connectivity index is 1.87. The number of halogens is 1. The van der Waals surface area contributed by atoms with Gasteiger partial charge >= 0.3 is 0 Å². The number of nitriles is 1. The third-order valence-corrected chi connectivity index (χ3v) is 5.17. The zero-order valence-electron chi connectivity index (χ0n) is 12.7. The number of rotatable bonds is 2. The highest BCUT2D eigenvalue weighted by Gasteiger charge is 2.13. The average Bonchev–Trinajstić information content (AvgIpc) is 3.20. The highest BCUT2D eigenvalue weighted by atomic mass is 35.5. The molecule has 0 aliphatic carbocycles. The Kier molecular flexibility index (Phi) is 3.57. The van der Waals surface area contributed by atoms with E-state index in [1.165, 1.54) is 15.6 Å². The smallest absolute Gasteiger partial charge is 0.163 e. The van der Waals surface area contributed by atoms with Crippen molar-refractivity contribution in [2.75, 3.05) is 0 Å². The minimum Gasteiger partial charge on any atom is -0.247 e. The van der Waals surface area contributed by atoms with Crippen molar-refractivity contribution in [3.8, 4) is 27.8 Å². The number of hydrogen-bond donors (Lipinski definition) is 1. The van der Waals surface area contributed by atoms with E-state index in [1.807, 2.05) is 12.1 Å². The van der Waals surface area contributed by atoms with Crippen molar-refractivity contribution in [3.05, 3.63) is 58.7 Å². The van der Waals surface area contributed by atoms with Gasteiger partial charge in [-0.25, -0.2) is 5.10 Å². The van der Waals surface area contributed by atoms with Gasteiger partial charge in [-0.05, 0) is 48.2 Å². The predicted octanol–water partition coefficient (Wildman–Crippen LogP) is 5.19. The highest BCUT2D eigenvalue weighted by Crippen LogP contribution is 2.37. The van der Waals surface area contributed by atoms with Crippen LogP contribution < -0.4 is 0 Å². The molecule has 0 unspecified atom stereocenters. The molecule has 2 heterocycles. The summed E-state index contributed by atoms with van der Waals surface area (Å²) in [6.45, 7) is 2.09. The first-order chi connectivity index (χ1) is 11.6. The number of aryl methyl sites for hydroxylation is 1. The van der Waals surface area contributed by atoms with E-state index in [-0.39, 0.29) is 0 Å². The van der Waals surface area contributed by atoms with Crippen LogP contribution in [0.15, 0.2) is 42.5 Å². The first-order valence-corrected chi connectivity index (χ1v) is 8.46. The summed E-state index contributed by atoms with van der Waals surface area (Å²) < 4.78 is 1.23. The van der Waals surface area contributed by atoms with Crippen molar-refractivity contribution in [1.29, 1.82) is 5.26 Å². The Morgan fingerprint density at radius 2 is 1.96 bits per heavy atom. The first-order valence-electron chi connectivity index (χ1n) is 7.27. The van der Waals surface area contributed by atoms with Crippen LogP contribution in [0.25, 0.3) is 31.8 Å². The van der Waals surface area contributed by atoms with Gasteiger partial charge in [-0.15, -0.1) is 16.4 Å². The van der Waals surface area contributed by atoms with Crippen molar-refractivity contribution >= 4 is 33.0 Å². The zero-order chi connectivity index (χ0) is 16.7. The summed E-state index contributed by atoms with van der Waals surface area (Å²) in [7, 11) is 0. The van der Waals surface area contributed by atoms with Gasteiger partial charge in [-0.2, -0.15) is 5.26 Å². The molecule has 4 aromatic rings. The van der Waals surface area contributed by atoms with Crippen LogP contribution in [0.3, 0.4) is 0 Å². The highest BCUT2D eigenvalue weighted by molar-refractivity contribution is 7.22. The van der Waals surface area contributed by atoms with E-state index in [9.17, 15) is 0 Å². The summed E-state index contributed by atoms with van der Waals surface area (Å²) >= 11 is 8.02. The molecule has 0 spiro atoms. The van der Waals surface area contributed by atoms with Crippen LogP contribution in [-0.2, 0) is 0 Å². The van der Waals surface area contributed by atoms with Gasteiger partial charge in [-0.3, -0.25) is 0 Å². The Bertz CT molecular complexity index is 1100. The van der Waals surface area contributed by atoms with Gasteiger partial charge in [0.2, 0.25) is 0 Å². The molecule has 0 atom stereocenters.